The highest BCUT2D eigenvalue weighted by molar-refractivity contribution is 6.08. The largest absolute Gasteiger partial charge is 0.378 e. The van der Waals surface area contributed by atoms with Crippen LogP contribution in [-0.2, 0) is 14.3 Å². The smallest absolute Gasteiger partial charge is 0.325 e. The van der Waals surface area contributed by atoms with E-state index >= 15 is 0 Å². The highest BCUT2D eigenvalue weighted by atomic mass is 16.5. The van der Waals surface area contributed by atoms with Gasteiger partial charge < -0.3 is 15.0 Å². The molecule has 1 atom stereocenters. The molecule has 7 heteroatoms. The van der Waals surface area contributed by atoms with Crippen molar-refractivity contribution in [3.05, 3.63) is 0 Å². The lowest BCUT2D eigenvalue weighted by atomic mass is 9.99. The molecule has 2 fully saturated rings. The molecule has 0 spiro atoms. The summed E-state index contributed by atoms with van der Waals surface area (Å²) < 4.78 is 5.16. The van der Waals surface area contributed by atoms with E-state index in [1.807, 2.05) is 6.92 Å². The molecule has 0 aromatic rings. The maximum Gasteiger partial charge on any atom is 0.325 e. The summed E-state index contributed by atoms with van der Waals surface area (Å²) in [6.45, 7) is 5.32. The molecule has 2 heterocycles. The first-order valence-corrected chi connectivity index (χ1v) is 6.47. The Bertz CT molecular complexity index is 406. The molecule has 19 heavy (non-hydrogen) atoms. The van der Waals surface area contributed by atoms with E-state index in [1.54, 1.807) is 11.8 Å². The van der Waals surface area contributed by atoms with E-state index in [0.717, 1.165) is 4.90 Å². The molecule has 2 rings (SSSR count). The van der Waals surface area contributed by atoms with Gasteiger partial charge in [0, 0.05) is 13.1 Å². The van der Waals surface area contributed by atoms with Gasteiger partial charge in [0.15, 0.2) is 0 Å². The predicted molar refractivity (Wildman–Crippen MR) is 66.3 cm³/mol. The standard InChI is InChI=1S/C12H19N3O4/c1-3-12(2)10(17)15(11(18)13-12)8-9(16)14-4-6-19-7-5-14/h3-8H2,1-2H3,(H,13,18)/t12-/m0/s1. The lowest BCUT2D eigenvalue weighted by Crippen LogP contribution is -2.48. The van der Waals surface area contributed by atoms with Crippen molar-refractivity contribution >= 4 is 17.8 Å². The van der Waals surface area contributed by atoms with Gasteiger partial charge in [-0.05, 0) is 13.3 Å². The number of carbonyl (C=O) groups excluding carboxylic acids is 3. The highest BCUT2D eigenvalue weighted by Gasteiger charge is 2.47. The molecule has 2 aliphatic heterocycles. The van der Waals surface area contributed by atoms with E-state index < -0.39 is 11.6 Å². The molecule has 2 aliphatic rings. The third-order valence-electron chi connectivity index (χ3n) is 3.71. The van der Waals surface area contributed by atoms with Crippen molar-refractivity contribution in [1.82, 2.24) is 15.1 Å². The van der Waals surface area contributed by atoms with Gasteiger partial charge in [0.05, 0.1) is 13.2 Å². The number of nitrogens with one attached hydrogen (secondary N) is 1. The summed E-state index contributed by atoms with van der Waals surface area (Å²) in [4.78, 5) is 38.6. The van der Waals surface area contributed by atoms with Gasteiger partial charge in [0.25, 0.3) is 5.91 Å². The minimum atomic E-state index is -0.887. The number of imide groups is 1. The van der Waals surface area contributed by atoms with E-state index in [0.29, 0.717) is 32.7 Å². The van der Waals surface area contributed by atoms with Crippen LogP contribution in [0.5, 0.6) is 0 Å². The summed E-state index contributed by atoms with van der Waals surface area (Å²) >= 11 is 0. The first-order valence-electron chi connectivity index (χ1n) is 6.47. The fourth-order valence-corrected chi connectivity index (χ4v) is 2.18. The van der Waals surface area contributed by atoms with Crippen molar-refractivity contribution in [2.24, 2.45) is 0 Å². The summed E-state index contributed by atoms with van der Waals surface area (Å²) in [6.07, 6.45) is 0.500. The number of rotatable bonds is 3. The minimum Gasteiger partial charge on any atom is -0.378 e. The van der Waals surface area contributed by atoms with Gasteiger partial charge in [0.2, 0.25) is 5.91 Å². The van der Waals surface area contributed by atoms with Crippen molar-refractivity contribution in [2.45, 2.75) is 25.8 Å². The molecule has 0 aromatic heterocycles. The Labute approximate surface area is 111 Å². The van der Waals surface area contributed by atoms with Crippen LogP contribution in [0.15, 0.2) is 0 Å². The molecule has 1 N–H and O–H groups in total. The third kappa shape index (κ3) is 2.56. The lowest BCUT2D eigenvalue weighted by molar-refractivity contribution is -0.141. The van der Waals surface area contributed by atoms with Gasteiger partial charge in [-0.3, -0.25) is 14.5 Å². The molecular formula is C12H19N3O4. The molecule has 106 valence electrons. The third-order valence-corrected chi connectivity index (χ3v) is 3.71. The van der Waals surface area contributed by atoms with E-state index in [2.05, 4.69) is 5.32 Å². The van der Waals surface area contributed by atoms with Crippen LogP contribution < -0.4 is 5.32 Å². The van der Waals surface area contributed by atoms with Crippen molar-refractivity contribution in [3.63, 3.8) is 0 Å². The molecule has 0 radical (unpaired) electrons. The first-order chi connectivity index (χ1) is 8.98. The fourth-order valence-electron chi connectivity index (χ4n) is 2.18. The van der Waals surface area contributed by atoms with Crippen LogP contribution in [0.2, 0.25) is 0 Å². The van der Waals surface area contributed by atoms with E-state index in [4.69, 9.17) is 4.74 Å². The number of hydrogen-bond acceptors (Lipinski definition) is 4. The molecular weight excluding hydrogens is 250 g/mol. The zero-order valence-corrected chi connectivity index (χ0v) is 11.3. The number of carbonyl (C=O) groups is 3. The van der Waals surface area contributed by atoms with Crippen LogP contribution in [0, 0.1) is 0 Å². The Morgan fingerprint density at radius 3 is 2.53 bits per heavy atom. The van der Waals surface area contributed by atoms with Crippen LogP contribution in [0.25, 0.3) is 0 Å². The van der Waals surface area contributed by atoms with Crippen molar-refractivity contribution in [1.29, 1.82) is 0 Å². The second-order valence-electron chi connectivity index (χ2n) is 5.00. The molecule has 0 saturated carbocycles. The molecule has 0 aliphatic carbocycles. The molecule has 0 bridgehead atoms. The topological polar surface area (TPSA) is 79.0 Å². The lowest BCUT2D eigenvalue weighted by Gasteiger charge is -2.28. The van der Waals surface area contributed by atoms with Crippen molar-refractivity contribution in [3.8, 4) is 0 Å². The Morgan fingerprint density at radius 2 is 2.00 bits per heavy atom. The van der Waals surface area contributed by atoms with Crippen LogP contribution in [-0.4, -0.2) is 66.0 Å². The zero-order valence-electron chi connectivity index (χ0n) is 11.3. The first kappa shape index (κ1) is 13.8. The van der Waals surface area contributed by atoms with Crippen LogP contribution in [0.4, 0.5) is 4.79 Å². The zero-order chi connectivity index (χ0) is 14.0. The van der Waals surface area contributed by atoms with E-state index in [-0.39, 0.29) is 18.4 Å². The van der Waals surface area contributed by atoms with Crippen molar-refractivity contribution in [2.75, 3.05) is 32.8 Å². The summed E-state index contributed by atoms with van der Waals surface area (Å²) in [5, 5.41) is 2.63. The van der Waals surface area contributed by atoms with Gasteiger partial charge in [-0.25, -0.2) is 4.79 Å². The van der Waals surface area contributed by atoms with Gasteiger partial charge in [-0.2, -0.15) is 0 Å². The van der Waals surface area contributed by atoms with Crippen LogP contribution in [0.3, 0.4) is 0 Å². The summed E-state index contributed by atoms with van der Waals surface area (Å²) in [5.41, 5.74) is -0.887. The summed E-state index contributed by atoms with van der Waals surface area (Å²) in [5.74, 6) is -0.547. The van der Waals surface area contributed by atoms with Crippen molar-refractivity contribution < 1.29 is 19.1 Å². The molecule has 0 unspecified atom stereocenters. The van der Waals surface area contributed by atoms with Gasteiger partial charge in [-0.15, -0.1) is 0 Å². The number of amides is 4. The summed E-state index contributed by atoms with van der Waals surface area (Å²) in [6, 6.07) is -0.490. The van der Waals surface area contributed by atoms with Gasteiger partial charge in [0.1, 0.15) is 12.1 Å². The minimum absolute atomic E-state index is 0.194. The number of hydrogen-bond donors (Lipinski definition) is 1. The maximum absolute atomic E-state index is 12.1. The molecule has 2 saturated heterocycles. The van der Waals surface area contributed by atoms with E-state index in [9.17, 15) is 14.4 Å². The average Bonchev–Trinajstić information content (AvgIpc) is 2.64. The summed E-state index contributed by atoms with van der Waals surface area (Å²) in [7, 11) is 0. The van der Waals surface area contributed by atoms with Crippen LogP contribution in [0.1, 0.15) is 20.3 Å². The molecule has 7 nitrogen and oxygen atoms in total. The predicted octanol–water partition coefficient (Wildman–Crippen LogP) is -0.434. The number of urea groups is 1. The Morgan fingerprint density at radius 1 is 1.37 bits per heavy atom. The fraction of sp³-hybridized carbons (Fsp3) is 0.750. The normalized spacial score (nSPS) is 27.7. The number of nitrogens with zero attached hydrogens (tertiary/aromatic N) is 2. The Hall–Kier alpha value is -1.63. The van der Waals surface area contributed by atoms with Gasteiger partial charge in [-0.1, -0.05) is 6.92 Å². The monoisotopic (exact) mass is 269 g/mol. The average molecular weight is 269 g/mol. The molecule has 0 aromatic carbocycles. The quantitative estimate of drug-likeness (QED) is 0.705. The maximum atomic E-state index is 12.1. The number of morpholine rings is 1. The SMILES string of the molecule is CC[C@]1(C)NC(=O)N(CC(=O)N2CCOCC2)C1=O. The van der Waals surface area contributed by atoms with Crippen LogP contribution >= 0.6 is 0 Å². The molecule has 4 amide bonds. The Balaban J connectivity index is 2.00. The number of ether oxygens (including phenoxy) is 1. The Kier molecular flexibility index (Phi) is 3.75. The van der Waals surface area contributed by atoms with Gasteiger partial charge >= 0.3 is 6.03 Å². The second kappa shape index (κ2) is 5.16. The second-order valence-corrected chi connectivity index (χ2v) is 5.00. The van der Waals surface area contributed by atoms with E-state index in [1.165, 1.54) is 0 Å². The highest BCUT2D eigenvalue weighted by Crippen LogP contribution is 2.20.